The van der Waals surface area contributed by atoms with Crippen LogP contribution in [0.15, 0.2) is 130 Å². The van der Waals surface area contributed by atoms with Crippen molar-refractivity contribution < 1.29 is 9.59 Å². The zero-order valence-electron chi connectivity index (χ0n) is 27.7. The third kappa shape index (κ3) is 10.7. The molecule has 0 aliphatic heterocycles. The molecule has 0 radical (unpaired) electrons. The van der Waals surface area contributed by atoms with E-state index >= 15 is 0 Å². The van der Waals surface area contributed by atoms with E-state index in [1.165, 1.54) is 0 Å². The number of hydrogen-bond donors (Lipinski definition) is 0. The Morgan fingerprint density at radius 3 is 1.19 bits per heavy atom. The maximum atomic E-state index is 12.2. The molecule has 2 rings (SSSR count). The Balaban J connectivity index is 1.93. The van der Waals surface area contributed by atoms with Crippen molar-refractivity contribution in [2.75, 3.05) is 0 Å². The van der Waals surface area contributed by atoms with Gasteiger partial charge in [0.2, 0.25) is 0 Å². The van der Waals surface area contributed by atoms with Crippen LogP contribution < -0.4 is 0 Å². The summed E-state index contributed by atoms with van der Waals surface area (Å²) < 4.78 is 0. The van der Waals surface area contributed by atoms with Crippen LogP contribution in [0, 0.1) is 10.8 Å². The van der Waals surface area contributed by atoms with Crippen molar-refractivity contribution in [2.24, 2.45) is 10.8 Å². The van der Waals surface area contributed by atoms with Crippen LogP contribution in [0.2, 0.25) is 0 Å². The molecular formula is C40H52O2. The molecule has 0 atom stereocenters. The fraction of sp³-hybridized carbons (Fsp3) is 0.400. The first-order chi connectivity index (χ1) is 19.6. The van der Waals surface area contributed by atoms with Gasteiger partial charge in [-0.15, -0.1) is 0 Å². The number of carbonyl (C=O) groups is 2. The molecule has 0 spiro atoms. The molecule has 2 aliphatic carbocycles. The number of carbonyl (C=O) groups excluding carboxylic acids is 2. The van der Waals surface area contributed by atoms with Crippen LogP contribution in [0.1, 0.15) is 94.9 Å². The van der Waals surface area contributed by atoms with Crippen LogP contribution in [0.4, 0.5) is 0 Å². The minimum atomic E-state index is 0.0404. The molecule has 2 heteroatoms. The van der Waals surface area contributed by atoms with Crippen molar-refractivity contribution in [3.05, 3.63) is 130 Å². The largest absolute Gasteiger partial charge is 0.295 e. The van der Waals surface area contributed by atoms with Gasteiger partial charge in [-0.05, 0) is 87.5 Å². The van der Waals surface area contributed by atoms with Gasteiger partial charge in [0.05, 0.1) is 0 Å². The predicted molar refractivity (Wildman–Crippen MR) is 182 cm³/mol. The zero-order chi connectivity index (χ0) is 31.5. The third-order valence-corrected chi connectivity index (χ3v) is 8.35. The highest BCUT2D eigenvalue weighted by Gasteiger charge is 2.31. The third-order valence-electron chi connectivity index (χ3n) is 8.35. The first kappa shape index (κ1) is 34.7. The highest BCUT2D eigenvalue weighted by molar-refractivity contribution is 5.97. The minimum Gasteiger partial charge on any atom is -0.295 e. The van der Waals surface area contributed by atoms with Crippen LogP contribution in [0.25, 0.3) is 0 Å². The smallest absolute Gasteiger partial charge is 0.158 e. The van der Waals surface area contributed by atoms with Gasteiger partial charge in [0.1, 0.15) is 0 Å². The minimum absolute atomic E-state index is 0.0404. The van der Waals surface area contributed by atoms with Crippen LogP contribution in [-0.2, 0) is 9.59 Å². The van der Waals surface area contributed by atoms with Gasteiger partial charge in [-0.25, -0.2) is 0 Å². The molecule has 0 bridgehead atoms. The quantitative estimate of drug-likeness (QED) is 0.247. The topological polar surface area (TPSA) is 34.1 Å². The Morgan fingerprint density at radius 2 is 0.833 bits per heavy atom. The molecule has 0 amide bonds. The average molecular weight is 565 g/mol. The molecule has 0 unspecified atom stereocenters. The van der Waals surface area contributed by atoms with Crippen LogP contribution in [0.3, 0.4) is 0 Å². The van der Waals surface area contributed by atoms with E-state index in [-0.39, 0.29) is 22.4 Å². The lowest BCUT2D eigenvalue weighted by molar-refractivity contribution is -0.117. The monoisotopic (exact) mass is 564 g/mol. The zero-order valence-corrected chi connectivity index (χ0v) is 27.7. The van der Waals surface area contributed by atoms with Gasteiger partial charge in [0, 0.05) is 12.8 Å². The molecular weight excluding hydrogens is 512 g/mol. The van der Waals surface area contributed by atoms with Gasteiger partial charge in [0.25, 0.3) is 0 Å². The Morgan fingerprint density at radius 1 is 0.524 bits per heavy atom. The Labute approximate surface area is 256 Å². The summed E-state index contributed by atoms with van der Waals surface area (Å²) in [5, 5.41) is 0. The van der Waals surface area contributed by atoms with Crippen molar-refractivity contribution in [3.8, 4) is 0 Å². The predicted octanol–water partition coefficient (Wildman–Crippen LogP) is 11.0. The van der Waals surface area contributed by atoms with E-state index < -0.39 is 0 Å². The molecule has 0 aromatic heterocycles. The molecule has 0 aromatic carbocycles. The Kier molecular flexibility index (Phi) is 12.9. The van der Waals surface area contributed by atoms with Crippen LogP contribution in [0.5, 0.6) is 0 Å². The van der Waals surface area contributed by atoms with Crippen molar-refractivity contribution in [3.63, 3.8) is 0 Å². The molecule has 224 valence electrons. The van der Waals surface area contributed by atoms with E-state index in [1.807, 2.05) is 13.8 Å². The van der Waals surface area contributed by atoms with E-state index in [1.54, 1.807) is 0 Å². The van der Waals surface area contributed by atoms with Crippen LogP contribution >= 0.6 is 0 Å². The highest BCUT2D eigenvalue weighted by atomic mass is 16.1. The summed E-state index contributed by atoms with van der Waals surface area (Å²) in [5.41, 5.74) is 8.82. The first-order valence-electron chi connectivity index (χ1n) is 15.2. The van der Waals surface area contributed by atoms with E-state index in [4.69, 9.17) is 0 Å². The van der Waals surface area contributed by atoms with Crippen LogP contribution in [-0.4, -0.2) is 11.6 Å². The fourth-order valence-electron chi connectivity index (χ4n) is 5.28. The van der Waals surface area contributed by atoms with Gasteiger partial charge < -0.3 is 0 Å². The van der Waals surface area contributed by atoms with Gasteiger partial charge in [-0.2, -0.15) is 0 Å². The second-order valence-corrected chi connectivity index (χ2v) is 13.1. The summed E-state index contributed by atoms with van der Waals surface area (Å²) in [7, 11) is 0. The standard InChI is InChI=1S/C40H52O2/c1-29(17-13-19-31(3)21-23-35-33(5)37(41)25-27-39(35,7)8)15-11-12-16-30(2)18-14-20-32(4)22-24-36-34(6)38(42)26-28-40(36,9)10/h11-24H,25-28H2,1-10H3/b12-11?,17-13?,18-14?,23-21+,24-22+,29-15?,30-16?,31-19?,32-20?. The molecule has 0 heterocycles. The summed E-state index contributed by atoms with van der Waals surface area (Å²) in [6, 6.07) is 0. The summed E-state index contributed by atoms with van der Waals surface area (Å²) >= 11 is 0. The Bertz CT molecular complexity index is 1270. The summed E-state index contributed by atoms with van der Waals surface area (Å²) in [6.45, 7) is 21.1. The number of rotatable bonds is 10. The molecule has 42 heavy (non-hydrogen) atoms. The van der Waals surface area contributed by atoms with Gasteiger partial charge >= 0.3 is 0 Å². The molecule has 0 N–H and O–H groups in total. The second-order valence-electron chi connectivity index (χ2n) is 13.1. The summed E-state index contributed by atoms with van der Waals surface area (Å²) in [5.74, 6) is 0.542. The van der Waals surface area contributed by atoms with E-state index in [9.17, 15) is 9.59 Å². The van der Waals surface area contributed by atoms with Crippen molar-refractivity contribution in [1.29, 1.82) is 0 Å². The molecule has 2 aliphatic rings. The molecule has 0 fully saturated rings. The fourth-order valence-corrected chi connectivity index (χ4v) is 5.28. The van der Waals surface area contributed by atoms with Gasteiger partial charge in [-0.3, -0.25) is 9.59 Å². The maximum absolute atomic E-state index is 12.2. The molecule has 0 saturated carbocycles. The lowest BCUT2D eigenvalue weighted by atomic mass is 9.72. The summed E-state index contributed by atoms with van der Waals surface area (Å²) in [4.78, 5) is 24.3. The highest BCUT2D eigenvalue weighted by Crippen LogP contribution is 2.40. The molecule has 2 nitrogen and oxygen atoms in total. The number of hydrogen-bond acceptors (Lipinski definition) is 2. The molecule has 0 saturated heterocycles. The van der Waals surface area contributed by atoms with E-state index in [0.717, 1.165) is 57.4 Å². The van der Waals surface area contributed by atoms with Gasteiger partial charge in [0.15, 0.2) is 11.6 Å². The Hall–Kier alpha value is -3.52. The SMILES string of the molecule is CC(C=CC=C(C)/C=C/C1=C(C)C(=O)CCC1(C)C)=CC=CC=C(C)C=CC=C(C)/C=C/C1=C(C)C(=O)CCC1(C)C. The van der Waals surface area contributed by atoms with Crippen molar-refractivity contribution in [1.82, 2.24) is 0 Å². The number of allylic oxidation sites excluding steroid dienone is 22. The first-order valence-corrected chi connectivity index (χ1v) is 15.2. The van der Waals surface area contributed by atoms with E-state index in [0.29, 0.717) is 12.8 Å². The molecule has 0 aromatic rings. The van der Waals surface area contributed by atoms with Crippen molar-refractivity contribution >= 4 is 11.6 Å². The number of Topliss-reactive ketones (excluding diaryl/α,β-unsaturated/α-hetero) is 2. The summed E-state index contributed by atoms with van der Waals surface area (Å²) in [6.07, 6.45) is 32.4. The van der Waals surface area contributed by atoms with Gasteiger partial charge in [-0.1, -0.05) is 135 Å². The lowest BCUT2D eigenvalue weighted by Crippen LogP contribution is -2.24. The maximum Gasteiger partial charge on any atom is 0.158 e. The number of ketones is 2. The normalized spacial score (nSPS) is 21.6. The van der Waals surface area contributed by atoms with Crippen molar-refractivity contribution in [2.45, 2.75) is 94.9 Å². The lowest BCUT2D eigenvalue weighted by Gasteiger charge is -2.32. The second kappa shape index (κ2) is 15.6. The van der Waals surface area contributed by atoms with E-state index in [2.05, 4.69) is 140 Å². The average Bonchev–Trinajstić information content (AvgIpc) is 2.91.